The number of aromatic nitrogens is 2. The van der Waals surface area contributed by atoms with Gasteiger partial charge in [0, 0.05) is 22.6 Å². The molecule has 1 fully saturated rings. The SMILES string of the molecule is CCOc1ccc(C)cc1-c1c(F)ccc2c(N)c(C(=O)NC3CCC3)nnc12. The number of ether oxygens (including phenoxy) is 1. The lowest BCUT2D eigenvalue weighted by atomic mass is 9.93. The number of amides is 1. The molecule has 3 aromatic rings. The Balaban J connectivity index is 1.86. The molecule has 0 bridgehead atoms. The van der Waals surface area contributed by atoms with Gasteiger partial charge in [0.15, 0.2) is 5.69 Å². The molecule has 1 amide bonds. The van der Waals surface area contributed by atoms with E-state index in [0.29, 0.717) is 28.8 Å². The van der Waals surface area contributed by atoms with Crippen LogP contribution in [0.1, 0.15) is 42.2 Å². The van der Waals surface area contributed by atoms with E-state index in [1.165, 1.54) is 12.1 Å². The lowest BCUT2D eigenvalue weighted by Gasteiger charge is -2.26. The molecule has 0 atom stereocenters. The number of hydrogen-bond donors (Lipinski definition) is 2. The van der Waals surface area contributed by atoms with Crippen LogP contribution in [0.2, 0.25) is 0 Å². The number of rotatable bonds is 5. The number of nitrogens with zero attached hydrogens (tertiary/aromatic N) is 2. The molecule has 1 heterocycles. The van der Waals surface area contributed by atoms with Gasteiger partial charge in [-0.1, -0.05) is 11.6 Å². The summed E-state index contributed by atoms with van der Waals surface area (Å²) in [6.45, 7) is 4.24. The third kappa shape index (κ3) is 3.48. The summed E-state index contributed by atoms with van der Waals surface area (Å²) in [5.74, 6) is -0.251. The highest BCUT2D eigenvalue weighted by atomic mass is 19.1. The van der Waals surface area contributed by atoms with Gasteiger partial charge in [-0.15, -0.1) is 10.2 Å². The molecule has 150 valence electrons. The van der Waals surface area contributed by atoms with Crippen LogP contribution in [-0.2, 0) is 0 Å². The number of carbonyl (C=O) groups is 1. The van der Waals surface area contributed by atoms with Gasteiger partial charge in [-0.05, 0) is 57.4 Å². The Morgan fingerprint density at radius 3 is 2.76 bits per heavy atom. The summed E-state index contributed by atoms with van der Waals surface area (Å²) >= 11 is 0. The number of fused-ring (bicyclic) bond motifs is 1. The molecule has 0 unspecified atom stereocenters. The zero-order chi connectivity index (χ0) is 20.5. The van der Waals surface area contributed by atoms with E-state index in [0.717, 1.165) is 24.8 Å². The maximum atomic E-state index is 14.9. The Kier molecular flexibility index (Phi) is 5.05. The Hall–Kier alpha value is -3.22. The Morgan fingerprint density at radius 1 is 1.28 bits per heavy atom. The summed E-state index contributed by atoms with van der Waals surface area (Å²) in [6, 6.07) is 8.59. The quantitative estimate of drug-likeness (QED) is 0.682. The summed E-state index contributed by atoms with van der Waals surface area (Å²) in [5.41, 5.74) is 8.62. The summed E-state index contributed by atoms with van der Waals surface area (Å²) in [5, 5.41) is 11.6. The second kappa shape index (κ2) is 7.66. The molecular formula is C22H23FN4O2. The molecule has 1 saturated carbocycles. The molecule has 7 heteroatoms. The molecular weight excluding hydrogens is 371 g/mol. The molecule has 4 rings (SSSR count). The molecule has 1 aliphatic rings. The van der Waals surface area contributed by atoms with Gasteiger partial charge in [-0.25, -0.2) is 4.39 Å². The standard InChI is InChI=1S/C22H23FN4O2/c1-3-29-17-10-7-12(2)11-15(17)18-16(23)9-8-14-19(24)21(27-26-20(14)18)22(28)25-13-5-4-6-13/h7-11,13H,3-6H2,1-2H3,(H2,24,26)(H,25,28). The summed E-state index contributed by atoms with van der Waals surface area (Å²) in [7, 11) is 0. The maximum absolute atomic E-state index is 14.9. The molecule has 0 saturated heterocycles. The van der Waals surface area contributed by atoms with Gasteiger partial charge in [0.05, 0.1) is 12.3 Å². The molecule has 0 radical (unpaired) electrons. The Morgan fingerprint density at radius 2 is 2.07 bits per heavy atom. The van der Waals surface area contributed by atoms with E-state index < -0.39 is 5.82 Å². The first kappa shape index (κ1) is 19.1. The average molecular weight is 394 g/mol. The molecule has 0 spiro atoms. The van der Waals surface area contributed by atoms with Crippen molar-refractivity contribution in [2.24, 2.45) is 0 Å². The number of carbonyl (C=O) groups excluding carboxylic acids is 1. The maximum Gasteiger partial charge on any atom is 0.274 e. The van der Waals surface area contributed by atoms with Crippen molar-refractivity contribution in [2.75, 3.05) is 12.3 Å². The zero-order valence-corrected chi connectivity index (χ0v) is 16.5. The van der Waals surface area contributed by atoms with Crippen LogP contribution >= 0.6 is 0 Å². The van der Waals surface area contributed by atoms with Crippen molar-refractivity contribution in [3.8, 4) is 16.9 Å². The van der Waals surface area contributed by atoms with Crippen LogP contribution in [-0.4, -0.2) is 28.8 Å². The number of halogens is 1. The van der Waals surface area contributed by atoms with E-state index in [9.17, 15) is 9.18 Å². The van der Waals surface area contributed by atoms with Gasteiger partial charge < -0.3 is 15.8 Å². The lowest BCUT2D eigenvalue weighted by molar-refractivity contribution is 0.0912. The number of aryl methyl sites for hydroxylation is 1. The third-order valence-electron chi connectivity index (χ3n) is 5.28. The van der Waals surface area contributed by atoms with Gasteiger partial charge in [0.1, 0.15) is 17.1 Å². The second-order valence-corrected chi connectivity index (χ2v) is 7.31. The number of nitrogen functional groups attached to an aromatic ring is 1. The minimum Gasteiger partial charge on any atom is -0.493 e. The topological polar surface area (TPSA) is 90.1 Å². The van der Waals surface area contributed by atoms with Gasteiger partial charge in [-0.3, -0.25) is 4.79 Å². The van der Waals surface area contributed by atoms with E-state index in [4.69, 9.17) is 10.5 Å². The summed E-state index contributed by atoms with van der Waals surface area (Å²) in [6.07, 6.45) is 3.01. The van der Waals surface area contributed by atoms with Crippen LogP contribution in [0.4, 0.5) is 10.1 Å². The number of anilines is 1. The van der Waals surface area contributed by atoms with Crippen LogP contribution < -0.4 is 15.8 Å². The highest BCUT2D eigenvalue weighted by Gasteiger charge is 2.25. The predicted octanol–water partition coefficient (Wildman–Crippen LogP) is 4.01. The van der Waals surface area contributed by atoms with Crippen molar-refractivity contribution >= 4 is 22.5 Å². The van der Waals surface area contributed by atoms with Gasteiger partial charge in [-0.2, -0.15) is 0 Å². The third-order valence-corrected chi connectivity index (χ3v) is 5.28. The largest absolute Gasteiger partial charge is 0.493 e. The van der Waals surface area contributed by atoms with Crippen LogP contribution in [0.25, 0.3) is 22.0 Å². The summed E-state index contributed by atoms with van der Waals surface area (Å²) in [4.78, 5) is 12.5. The van der Waals surface area contributed by atoms with Gasteiger partial charge >= 0.3 is 0 Å². The van der Waals surface area contributed by atoms with E-state index in [1.54, 1.807) is 0 Å². The molecule has 1 aliphatic carbocycles. The van der Waals surface area contributed by atoms with Crippen molar-refractivity contribution in [3.05, 3.63) is 47.4 Å². The first-order valence-electron chi connectivity index (χ1n) is 9.78. The highest BCUT2D eigenvalue weighted by Crippen LogP contribution is 2.38. The van der Waals surface area contributed by atoms with Crippen molar-refractivity contribution in [1.29, 1.82) is 0 Å². The van der Waals surface area contributed by atoms with E-state index in [1.807, 2.05) is 32.0 Å². The predicted molar refractivity (Wildman–Crippen MR) is 110 cm³/mol. The second-order valence-electron chi connectivity index (χ2n) is 7.31. The van der Waals surface area contributed by atoms with E-state index in [-0.39, 0.29) is 28.9 Å². The minimum atomic E-state index is -0.454. The fraction of sp³-hybridized carbons (Fsp3) is 0.318. The minimum absolute atomic E-state index is 0.0660. The van der Waals surface area contributed by atoms with Crippen LogP contribution in [0.3, 0.4) is 0 Å². The monoisotopic (exact) mass is 394 g/mol. The molecule has 2 aromatic carbocycles. The smallest absolute Gasteiger partial charge is 0.274 e. The van der Waals surface area contributed by atoms with Gasteiger partial charge in [0.2, 0.25) is 0 Å². The first-order chi connectivity index (χ1) is 14.0. The fourth-order valence-corrected chi connectivity index (χ4v) is 3.52. The number of nitrogens with one attached hydrogen (secondary N) is 1. The normalized spacial score (nSPS) is 13.9. The number of nitrogens with two attached hydrogens (primary N) is 1. The molecule has 29 heavy (non-hydrogen) atoms. The molecule has 3 N–H and O–H groups in total. The van der Waals surface area contributed by atoms with Crippen molar-refractivity contribution in [3.63, 3.8) is 0 Å². The first-order valence-corrected chi connectivity index (χ1v) is 9.78. The number of hydrogen-bond acceptors (Lipinski definition) is 5. The van der Waals surface area contributed by atoms with Crippen molar-refractivity contribution in [2.45, 2.75) is 39.2 Å². The van der Waals surface area contributed by atoms with E-state index in [2.05, 4.69) is 15.5 Å². The summed E-state index contributed by atoms with van der Waals surface area (Å²) < 4.78 is 20.6. The number of benzene rings is 2. The van der Waals surface area contributed by atoms with E-state index >= 15 is 0 Å². The fourth-order valence-electron chi connectivity index (χ4n) is 3.52. The zero-order valence-electron chi connectivity index (χ0n) is 16.5. The molecule has 0 aliphatic heterocycles. The van der Waals surface area contributed by atoms with Crippen LogP contribution in [0, 0.1) is 12.7 Å². The van der Waals surface area contributed by atoms with Crippen LogP contribution in [0.15, 0.2) is 30.3 Å². The van der Waals surface area contributed by atoms with Crippen LogP contribution in [0.5, 0.6) is 5.75 Å². The van der Waals surface area contributed by atoms with Crippen molar-refractivity contribution < 1.29 is 13.9 Å². The van der Waals surface area contributed by atoms with Gasteiger partial charge in [0.25, 0.3) is 5.91 Å². The Bertz CT molecular complexity index is 1100. The van der Waals surface area contributed by atoms with Crippen molar-refractivity contribution in [1.82, 2.24) is 15.5 Å². The average Bonchev–Trinajstić information content (AvgIpc) is 2.66. The lowest BCUT2D eigenvalue weighted by Crippen LogP contribution is -2.40. The molecule has 1 aromatic heterocycles. The Labute approximate surface area is 168 Å². The molecule has 6 nitrogen and oxygen atoms in total. The highest BCUT2D eigenvalue weighted by molar-refractivity contribution is 6.08.